The van der Waals surface area contributed by atoms with E-state index >= 15 is 0 Å². The second-order valence-corrected chi connectivity index (χ2v) is 10.0. The molecule has 1 heterocycles. The second-order valence-electron chi connectivity index (χ2n) is 9.58. The highest BCUT2D eigenvalue weighted by molar-refractivity contribution is 6.30. The minimum absolute atomic E-state index is 0.0314. The normalized spacial score (nSPS) is 19.0. The first kappa shape index (κ1) is 24.8. The lowest BCUT2D eigenvalue weighted by Crippen LogP contribution is -2.38. The van der Waals surface area contributed by atoms with E-state index < -0.39 is 12.0 Å². The van der Waals surface area contributed by atoms with Crippen LogP contribution in [0, 0.1) is 6.92 Å². The van der Waals surface area contributed by atoms with Crippen LogP contribution < -0.4 is 10.2 Å². The van der Waals surface area contributed by atoms with E-state index in [0.717, 1.165) is 22.4 Å². The van der Waals surface area contributed by atoms with Crippen LogP contribution in [0.5, 0.6) is 0 Å². The molecule has 0 fully saturated rings. The molecular formula is C30H27ClN2O4. The first-order valence-corrected chi connectivity index (χ1v) is 12.7. The van der Waals surface area contributed by atoms with Gasteiger partial charge in [0.1, 0.15) is 0 Å². The lowest BCUT2D eigenvalue weighted by Gasteiger charge is -2.35. The van der Waals surface area contributed by atoms with Crippen molar-refractivity contribution in [2.45, 2.75) is 44.6 Å². The number of nitrogens with one attached hydrogen (secondary N) is 1. The molecule has 2 aliphatic rings. The van der Waals surface area contributed by atoms with Gasteiger partial charge in [-0.15, -0.1) is 0 Å². The first-order valence-electron chi connectivity index (χ1n) is 12.3. The number of nitrogens with zero attached hydrogens (tertiary/aromatic N) is 1. The Morgan fingerprint density at radius 2 is 1.62 bits per heavy atom. The molecule has 0 aromatic heterocycles. The number of hydrogen-bond acceptors (Lipinski definition) is 4. The van der Waals surface area contributed by atoms with Crippen molar-refractivity contribution in [2.24, 2.45) is 0 Å². The number of carboxylic acids is 1. The molecule has 6 nitrogen and oxygen atoms in total. The van der Waals surface area contributed by atoms with Gasteiger partial charge in [-0.1, -0.05) is 65.7 Å². The summed E-state index contributed by atoms with van der Waals surface area (Å²) in [5, 5.41) is 13.4. The highest BCUT2D eigenvalue weighted by atomic mass is 35.5. The molecule has 0 bridgehead atoms. The standard InChI is InChI=1S/C30H27ClN2O4/c1-18-6-8-20(9-7-18)30-29-24(16-21(17-26(29)34)19-10-12-22(31)13-11-19)32-23-4-2-3-5-25(23)33(30)27(35)14-15-28(36)37/h2-13,21,30,32H,14-17H2,1H3,(H,36,37)/t21-,30+/m0/s1. The number of carboxylic acid groups (broad SMARTS) is 1. The number of Topliss-reactive ketones (excluding diaryl/α,β-unsaturated/α-hetero) is 1. The van der Waals surface area contributed by atoms with Crippen LogP contribution in [-0.2, 0) is 14.4 Å². The van der Waals surface area contributed by atoms with Gasteiger partial charge in [-0.25, -0.2) is 0 Å². The summed E-state index contributed by atoms with van der Waals surface area (Å²) in [6, 6.07) is 22.1. The fourth-order valence-corrected chi connectivity index (χ4v) is 5.36. The molecule has 7 heteroatoms. The van der Waals surface area contributed by atoms with E-state index in [2.05, 4.69) is 5.32 Å². The summed E-state index contributed by atoms with van der Waals surface area (Å²) in [5.74, 6) is -1.45. The Hall–Kier alpha value is -3.90. The van der Waals surface area contributed by atoms with E-state index in [-0.39, 0.29) is 30.4 Å². The largest absolute Gasteiger partial charge is 0.481 e. The van der Waals surface area contributed by atoms with Crippen molar-refractivity contribution in [1.82, 2.24) is 0 Å². The summed E-state index contributed by atoms with van der Waals surface area (Å²) in [5.41, 5.74) is 5.55. The van der Waals surface area contributed by atoms with Crippen LogP contribution in [-0.4, -0.2) is 22.8 Å². The highest BCUT2D eigenvalue weighted by Gasteiger charge is 2.41. The van der Waals surface area contributed by atoms with Crippen molar-refractivity contribution in [1.29, 1.82) is 0 Å². The number of halogens is 1. The van der Waals surface area contributed by atoms with Crippen LogP contribution in [0.25, 0.3) is 0 Å². The van der Waals surface area contributed by atoms with Crippen molar-refractivity contribution in [3.05, 3.63) is 106 Å². The highest BCUT2D eigenvalue weighted by Crippen LogP contribution is 2.47. The SMILES string of the molecule is Cc1ccc([C@@H]2C3=C(C[C@H](c4ccc(Cl)cc4)CC3=O)Nc3ccccc3N2C(=O)CCC(=O)O)cc1. The summed E-state index contributed by atoms with van der Waals surface area (Å²) in [6.07, 6.45) is 0.439. The number of allylic oxidation sites excluding steroid dienone is 1. The van der Waals surface area contributed by atoms with Crippen molar-refractivity contribution >= 4 is 40.6 Å². The third kappa shape index (κ3) is 5.02. The zero-order valence-corrected chi connectivity index (χ0v) is 21.2. The van der Waals surface area contributed by atoms with Crippen LogP contribution in [0.4, 0.5) is 11.4 Å². The molecule has 0 unspecified atom stereocenters. The van der Waals surface area contributed by atoms with Crippen molar-refractivity contribution in [3.63, 3.8) is 0 Å². The van der Waals surface area contributed by atoms with Gasteiger partial charge in [-0.05, 0) is 54.7 Å². The molecule has 2 atom stereocenters. The Bertz CT molecular complexity index is 1400. The average Bonchev–Trinajstić information content (AvgIpc) is 3.03. The van der Waals surface area contributed by atoms with E-state index in [9.17, 15) is 19.5 Å². The third-order valence-electron chi connectivity index (χ3n) is 7.04. The number of hydrogen-bond donors (Lipinski definition) is 2. The van der Waals surface area contributed by atoms with E-state index in [4.69, 9.17) is 11.6 Å². The summed E-state index contributed by atoms with van der Waals surface area (Å²) >= 11 is 6.09. The second kappa shape index (κ2) is 10.2. The number of carbonyl (C=O) groups is 3. The number of anilines is 2. The fourth-order valence-electron chi connectivity index (χ4n) is 5.23. The maximum absolute atomic E-state index is 13.9. The molecule has 188 valence electrons. The topological polar surface area (TPSA) is 86.7 Å². The molecule has 2 N–H and O–H groups in total. The number of para-hydroxylation sites is 2. The Morgan fingerprint density at radius 1 is 0.946 bits per heavy atom. The van der Waals surface area contributed by atoms with E-state index in [1.807, 2.05) is 79.7 Å². The Morgan fingerprint density at radius 3 is 2.32 bits per heavy atom. The summed E-state index contributed by atoms with van der Waals surface area (Å²) in [6.45, 7) is 1.98. The van der Waals surface area contributed by atoms with Gasteiger partial charge in [0, 0.05) is 29.1 Å². The number of rotatable bonds is 5. The molecule has 0 saturated carbocycles. The number of aliphatic carboxylic acids is 1. The predicted octanol–water partition coefficient (Wildman–Crippen LogP) is 6.41. The molecule has 0 radical (unpaired) electrons. The zero-order valence-electron chi connectivity index (χ0n) is 20.4. The van der Waals surface area contributed by atoms with Crippen LogP contribution in [0.1, 0.15) is 54.3 Å². The monoisotopic (exact) mass is 514 g/mol. The van der Waals surface area contributed by atoms with Gasteiger partial charge in [-0.3, -0.25) is 19.3 Å². The van der Waals surface area contributed by atoms with Gasteiger partial charge < -0.3 is 10.4 Å². The number of benzene rings is 3. The van der Waals surface area contributed by atoms with Gasteiger partial charge in [-0.2, -0.15) is 0 Å². The number of ketones is 1. The fraction of sp³-hybridized carbons (Fsp3) is 0.233. The number of fused-ring (bicyclic) bond motifs is 1. The van der Waals surface area contributed by atoms with Crippen molar-refractivity contribution in [3.8, 4) is 0 Å². The average molecular weight is 515 g/mol. The molecule has 0 saturated heterocycles. The number of aryl methyl sites for hydroxylation is 1. The smallest absolute Gasteiger partial charge is 0.303 e. The van der Waals surface area contributed by atoms with Crippen molar-refractivity contribution < 1.29 is 19.5 Å². The lowest BCUT2D eigenvalue weighted by atomic mass is 9.78. The summed E-state index contributed by atoms with van der Waals surface area (Å²) < 4.78 is 0. The molecule has 1 aliphatic heterocycles. The minimum atomic E-state index is -1.04. The van der Waals surface area contributed by atoms with Crippen LogP contribution >= 0.6 is 11.6 Å². The Kier molecular flexibility index (Phi) is 6.85. The van der Waals surface area contributed by atoms with E-state index in [1.165, 1.54) is 0 Å². The van der Waals surface area contributed by atoms with Gasteiger partial charge in [0.05, 0.1) is 23.8 Å². The molecule has 1 amide bonds. The van der Waals surface area contributed by atoms with Gasteiger partial charge in [0.15, 0.2) is 5.78 Å². The molecule has 1 aliphatic carbocycles. The Labute approximate surface area is 220 Å². The minimum Gasteiger partial charge on any atom is -0.481 e. The molecular weight excluding hydrogens is 488 g/mol. The van der Waals surface area contributed by atoms with Gasteiger partial charge >= 0.3 is 5.97 Å². The molecule has 3 aromatic rings. The third-order valence-corrected chi connectivity index (χ3v) is 7.30. The van der Waals surface area contributed by atoms with Gasteiger partial charge in [0.2, 0.25) is 5.91 Å². The lowest BCUT2D eigenvalue weighted by molar-refractivity contribution is -0.138. The molecule has 0 spiro atoms. The number of carbonyl (C=O) groups excluding carboxylic acids is 2. The zero-order chi connectivity index (χ0) is 26.1. The van der Waals surface area contributed by atoms with Crippen molar-refractivity contribution in [2.75, 3.05) is 10.2 Å². The summed E-state index contributed by atoms with van der Waals surface area (Å²) in [4.78, 5) is 40.5. The maximum atomic E-state index is 13.9. The van der Waals surface area contributed by atoms with Crippen LogP contribution in [0.15, 0.2) is 84.1 Å². The number of amides is 1. The Balaban J connectivity index is 1.67. The molecule has 37 heavy (non-hydrogen) atoms. The van der Waals surface area contributed by atoms with E-state index in [1.54, 1.807) is 4.90 Å². The quantitative estimate of drug-likeness (QED) is 0.410. The maximum Gasteiger partial charge on any atom is 0.303 e. The summed E-state index contributed by atoms with van der Waals surface area (Å²) in [7, 11) is 0. The predicted molar refractivity (Wildman–Crippen MR) is 144 cm³/mol. The molecule has 3 aromatic carbocycles. The molecule has 5 rings (SSSR count). The van der Waals surface area contributed by atoms with Gasteiger partial charge in [0.25, 0.3) is 0 Å². The van der Waals surface area contributed by atoms with Crippen LogP contribution in [0.2, 0.25) is 5.02 Å². The van der Waals surface area contributed by atoms with E-state index in [0.29, 0.717) is 34.8 Å². The first-order chi connectivity index (χ1) is 17.8. The van der Waals surface area contributed by atoms with Crippen LogP contribution in [0.3, 0.4) is 0 Å².